The van der Waals surface area contributed by atoms with Gasteiger partial charge in [0.1, 0.15) is 0 Å². The third-order valence-electron chi connectivity index (χ3n) is 3.89. The minimum Gasteiger partial charge on any atom is -0.468 e. The van der Waals surface area contributed by atoms with E-state index in [1.54, 1.807) is 0 Å². The first-order chi connectivity index (χ1) is 12.1. The van der Waals surface area contributed by atoms with E-state index in [4.69, 9.17) is 0 Å². The van der Waals surface area contributed by atoms with Crippen LogP contribution >= 0.6 is 0 Å². The third kappa shape index (κ3) is 7.32. The van der Waals surface area contributed by atoms with Gasteiger partial charge in [-0.1, -0.05) is 18.3 Å². The molecule has 1 saturated carbocycles. The second-order valence-electron chi connectivity index (χ2n) is 5.90. The van der Waals surface area contributed by atoms with Crippen molar-refractivity contribution in [2.45, 2.75) is 31.7 Å². The maximum atomic E-state index is 12.7. The normalized spacial score (nSPS) is 16.3. The van der Waals surface area contributed by atoms with Crippen LogP contribution in [0.3, 0.4) is 0 Å². The predicted octanol–water partition coefficient (Wildman–Crippen LogP) is 2.39. The Hall–Kier alpha value is -1.30. The summed E-state index contributed by atoms with van der Waals surface area (Å²) in [6.45, 7) is -1.89. The van der Waals surface area contributed by atoms with Crippen molar-refractivity contribution in [1.29, 1.82) is 0 Å². The third-order valence-corrected chi connectivity index (χ3v) is 3.89. The average Bonchev–Trinajstić information content (AvgIpc) is 3.38. The van der Waals surface area contributed by atoms with Gasteiger partial charge < -0.3 is 29.3 Å². The van der Waals surface area contributed by atoms with Crippen molar-refractivity contribution in [3.8, 4) is 5.88 Å². The van der Waals surface area contributed by atoms with Gasteiger partial charge in [-0.15, -0.1) is 0 Å². The summed E-state index contributed by atoms with van der Waals surface area (Å²) in [7, 11) is 0. The molecule has 1 heterocycles. The molecule has 1 aromatic heterocycles. The molecule has 2 amide bonds. The van der Waals surface area contributed by atoms with Crippen molar-refractivity contribution < 1.29 is 62.4 Å². The molecule has 27 heavy (non-hydrogen) atoms. The Balaban J connectivity index is 0.00000364. The fourth-order valence-corrected chi connectivity index (χ4v) is 2.21. The largest absolute Gasteiger partial charge is 0.468 e. The molecule has 0 saturated heterocycles. The molecule has 1 fully saturated rings. The van der Waals surface area contributed by atoms with E-state index in [0.29, 0.717) is 5.56 Å². The number of carbonyl (C=O) groups excluding carboxylic acids is 1. The van der Waals surface area contributed by atoms with Crippen LogP contribution < -0.4 is 15.4 Å². The van der Waals surface area contributed by atoms with E-state index < -0.39 is 36.8 Å². The zero-order chi connectivity index (χ0) is 19.4. The van der Waals surface area contributed by atoms with Crippen LogP contribution in [-0.2, 0) is 32.4 Å². The Morgan fingerprint density at radius 3 is 2.59 bits per heavy atom. The Bertz CT molecular complexity index is 629. The van der Waals surface area contributed by atoms with Gasteiger partial charge in [-0.05, 0) is 11.6 Å². The van der Waals surface area contributed by atoms with Gasteiger partial charge in [-0.2, -0.15) is 13.2 Å². The molecule has 3 N–H and O–H groups in total. The van der Waals surface area contributed by atoms with Crippen LogP contribution in [0.15, 0.2) is 18.3 Å². The Morgan fingerprint density at radius 1 is 1.37 bits per heavy atom. The number of aromatic nitrogens is 1. The fourth-order valence-electron chi connectivity index (χ4n) is 2.21. The van der Waals surface area contributed by atoms with E-state index >= 15 is 0 Å². The molecule has 12 heteroatoms. The monoisotopic (exact) mass is 562 g/mol. The number of hydrogen-bond donors (Lipinski definition) is 3. The van der Waals surface area contributed by atoms with Crippen LogP contribution in [0.5, 0.6) is 5.88 Å². The van der Waals surface area contributed by atoms with Gasteiger partial charge in [0.25, 0.3) is 0 Å². The van der Waals surface area contributed by atoms with Crippen LogP contribution in [0.4, 0.5) is 26.7 Å². The van der Waals surface area contributed by atoms with Crippen molar-refractivity contribution in [1.82, 2.24) is 15.6 Å². The number of aliphatic hydroxyl groups excluding tert-OH is 1. The molecular formula is C15H17F5HfN3O3-. The molecule has 150 valence electrons. The quantitative estimate of drug-likeness (QED) is 0.259. The van der Waals surface area contributed by atoms with Crippen LogP contribution in [0, 0.1) is 11.8 Å². The number of urea groups is 1. The number of amides is 2. The SMILES string of the molecule is O=C(NCc1ccnc(OCC(F)(F)F)c1)NC[C@@H](O)C1([C-](F)F)CC1.[Hf]. The molecule has 0 radical (unpaired) electrons. The van der Waals surface area contributed by atoms with Crippen LogP contribution in [0.1, 0.15) is 18.4 Å². The number of halogens is 5. The maximum Gasteiger partial charge on any atom is 0.422 e. The standard InChI is InChI=1S/C15H17F5N3O3.Hf/c16-12(17)14(2-3-14)10(24)7-23-13(25)22-6-9-1-4-21-11(5-9)26-8-15(18,19)20;/h1,4-5,10,24H,2-3,6-8H2,(H2,22,23,25);/q-1;/t10-;/m1./s1. The Labute approximate surface area is 170 Å². The van der Waals surface area contributed by atoms with Gasteiger partial charge in [0.2, 0.25) is 5.88 Å². The fraction of sp³-hybridized carbons (Fsp3) is 0.533. The Kier molecular flexibility index (Phi) is 8.58. The summed E-state index contributed by atoms with van der Waals surface area (Å²) in [5.41, 5.74) is -1.10. The molecule has 0 aliphatic heterocycles. The molecular weight excluding hydrogens is 544 g/mol. The second kappa shape index (κ2) is 9.76. The van der Waals surface area contributed by atoms with E-state index in [0.717, 1.165) is 0 Å². The van der Waals surface area contributed by atoms with Crippen molar-refractivity contribution in [2.75, 3.05) is 13.2 Å². The number of rotatable bonds is 8. The summed E-state index contributed by atoms with van der Waals surface area (Å²) in [5.74, 6) is -0.248. The van der Waals surface area contributed by atoms with E-state index in [2.05, 4.69) is 20.4 Å². The zero-order valence-electron chi connectivity index (χ0n) is 13.9. The van der Waals surface area contributed by atoms with E-state index in [1.807, 2.05) is 0 Å². The molecule has 2 rings (SSSR count). The predicted molar refractivity (Wildman–Crippen MR) is 79.2 cm³/mol. The molecule has 1 atom stereocenters. The molecule has 6 nitrogen and oxygen atoms in total. The molecule has 0 aromatic carbocycles. The molecule has 0 spiro atoms. The smallest absolute Gasteiger partial charge is 0.422 e. The number of hydrogen-bond acceptors (Lipinski definition) is 4. The van der Waals surface area contributed by atoms with Gasteiger partial charge in [-0.3, -0.25) is 0 Å². The Morgan fingerprint density at radius 2 is 2.04 bits per heavy atom. The number of alkyl halides is 3. The summed E-state index contributed by atoms with van der Waals surface area (Å²) in [4.78, 5) is 15.3. The van der Waals surface area contributed by atoms with Gasteiger partial charge in [0, 0.05) is 57.6 Å². The van der Waals surface area contributed by atoms with Crippen molar-refractivity contribution >= 4 is 6.03 Å². The number of aliphatic hydroxyl groups is 1. The number of ether oxygens (including phenoxy) is 1. The summed E-state index contributed by atoms with van der Waals surface area (Å²) in [5, 5.41) is 14.4. The van der Waals surface area contributed by atoms with Gasteiger partial charge in [0.15, 0.2) is 6.61 Å². The summed E-state index contributed by atoms with van der Waals surface area (Å²) in [6, 6.07) is 1.98. The van der Waals surface area contributed by atoms with Crippen molar-refractivity contribution in [2.24, 2.45) is 5.41 Å². The van der Waals surface area contributed by atoms with E-state index in [1.165, 1.54) is 18.3 Å². The number of nitrogens with one attached hydrogen (secondary N) is 2. The van der Waals surface area contributed by atoms with Crippen LogP contribution in [0.25, 0.3) is 0 Å². The molecule has 0 bridgehead atoms. The molecule has 1 aliphatic carbocycles. The molecule has 1 aliphatic rings. The first-order valence-electron chi connectivity index (χ1n) is 7.65. The zero-order valence-corrected chi connectivity index (χ0v) is 17.5. The topological polar surface area (TPSA) is 83.5 Å². The number of carbonyl (C=O) groups is 1. The van der Waals surface area contributed by atoms with Crippen LogP contribution in [-0.4, -0.2) is 41.6 Å². The van der Waals surface area contributed by atoms with E-state index in [-0.39, 0.29) is 57.7 Å². The number of nitrogens with zero attached hydrogens (tertiary/aromatic N) is 1. The molecule has 1 aromatic rings. The minimum atomic E-state index is -4.49. The minimum absolute atomic E-state index is 0. The maximum absolute atomic E-state index is 12.7. The van der Waals surface area contributed by atoms with Gasteiger partial charge in [-0.25, -0.2) is 9.78 Å². The summed E-state index contributed by atoms with van der Waals surface area (Å²) in [6.07, 6.45) is -6.18. The first kappa shape index (κ1) is 23.7. The summed E-state index contributed by atoms with van der Waals surface area (Å²) >= 11 is 0. The summed E-state index contributed by atoms with van der Waals surface area (Å²) < 4.78 is 66.3. The van der Waals surface area contributed by atoms with Crippen LogP contribution in [0.2, 0.25) is 0 Å². The van der Waals surface area contributed by atoms with Gasteiger partial charge >= 0.3 is 12.2 Å². The van der Waals surface area contributed by atoms with Crippen molar-refractivity contribution in [3.63, 3.8) is 0 Å². The first-order valence-corrected chi connectivity index (χ1v) is 7.65. The average molecular weight is 561 g/mol. The van der Waals surface area contributed by atoms with Crippen molar-refractivity contribution in [3.05, 3.63) is 30.3 Å². The second-order valence-corrected chi connectivity index (χ2v) is 5.90. The van der Waals surface area contributed by atoms with E-state index in [9.17, 15) is 31.9 Å². The number of pyridine rings is 1. The molecule has 0 unspecified atom stereocenters. The van der Waals surface area contributed by atoms with Gasteiger partial charge in [0.05, 0.1) is 6.10 Å².